The lowest BCUT2D eigenvalue weighted by Gasteiger charge is -2.33. The molecular weight excluding hydrogens is 412 g/mol. The van der Waals surface area contributed by atoms with Gasteiger partial charge in [-0.1, -0.05) is 108 Å². The summed E-state index contributed by atoms with van der Waals surface area (Å²) in [5, 5.41) is 0. The summed E-state index contributed by atoms with van der Waals surface area (Å²) in [6.07, 6.45) is 23.9. The Labute approximate surface area is 206 Å². The van der Waals surface area contributed by atoms with Crippen LogP contribution in [0.3, 0.4) is 0 Å². The van der Waals surface area contributed by atoms with E-state index >= 15 is 0 Å². The molecule has 0 unspecified atom stereocenters. The van der Waals surface area contributed by atoms with Crippen LogP contribution in [0.2, 0.25) is 0 Å². The van der Waals surface area contributed by atoms with Crippen LogP contribution in [0.5, 0.6) is 0 Å². The van der Waals surface area contributed by atoms with Crippen molar-refractivity contribution in [3.05, 3.63) is 94.3 Å². The molecule has 34 heavy (non-hydrogen) atoms. The molecule has 2 aliphatic rings. The zero-order chi connectivity index (χ0) is 23.8. The quantitative estimate of drug-likeness (QED) is 0.169. The van der Waals surface area contributed by atoms with E-state index in [0.717, 1.165) is 30.3 Å². The summed E-state index contributed by atoms with van der Waals surface area (Å²) in [4.78, 5) is 11.7. The molecular formula is C33H38O. The number of carbonyl (C=O) groups is 1. The molecule has 1 nitrogen and oxygen atoms in total. The van der Waals surface area contributed by atoms with Crippen LogP contribution in [0.25, 0.3) is 17.2 Å². The monoisotopic (exact) mass is 450 g/mol. The first-order chi connectivity index (χ1) is 16.7. The Bertz CT molecular complexity index is 1130. The Morgan fingerprint density at radius 2 is 1.38 bits per heavy atom. The molecule has 0 spiro atoms. The van der Waals surface area contributed by atoms with Crippen molar-refractivity contribution in [3.63, 3.8) is 0 Å². The third kappa shape index (κ3) is 5.11. The number of benzene rings is 2. The van der Waals surface area contributed by atoms with Gasteiger partial charge in [0.15, 0.2) is 0 Å². The molecule has 176 valence electrons. The average Bonchev–Trinajstić information content (AvgIpc) is 3.48. The topological polar surface area (TPSA) is 17.1 Å². The Balaban J connectivity index is 1.77. The maximum Gasteiger partial charge on any atom is 0.150 e. The SMILES string of the molecule is CCCCCCC1(CCCCCC)c2cc(C=O)ccc2-c2ccc(/C=C/C3=C=CC=C3)cc21. The molecule has 0 saturated carbocycles. The first-order valence-electron chi connectivity index (χ1n) is 13.3. The number of carbonyl (C=O) groups excluding carboxylic acids is 1. The van der Waals surface area contributed by atoms with Gasteiger partial charge < -0.3 is 0 Å². The molecule has 4 rings (SSSR count). The van der Waals surface area contributed by atoms with Gasteiger partial charge in [-0.25, -0.2) is 0 Å². The summed E-state index contributed by atoms with van der Waals surface area (Å²) in [6, 6.07) is 13.3. The smallest absolute Gasteiger partial charge is 0.150 e. The first kappa shape index (κ1) is 24.2. The van der Waals surface area contributed by atoms with Crippen molar-refractivity contribution < 1.29 is 4.79 Å². The number of aldehydes is 1. The molecule has 2 aromatic carbocycles. The fourth-order valence-electron chi connectivity index (χ4n) is 5.71. The molecule has 0 aliphatic heterocycles. The van der Waals surface area contributed by atoms with Crippen molar-refractivity contribution in [3.8, 4) is 11.1 Å². The van der Waals surface area contributed by atoms with Gasteiger partial charge in [-0.15, -0.1) is 5.73 Å². The number of hydrogen-bond acceptors (Lipinski definition) is 1. The van der Waals surface area contributed by atoms with Crippen LogP contribution in [0.1, 0.15) is 105 Å². The van der Waals surface area contributed by atoms with Gasteiger partial charge >= 0.3 is 0 Å². The highest BCUT2D eigenvalue weighted by Crippen LogP contribution is 2.54. The lowest BCUT2D eigenvalue weighted by Crippen LogP contribution is -2.26. The summed E-state index contributed by atoms with van der Waals surface area (Å²) in [5.74, 6) is 0. The molecule has 0 atom stereocenters. The third-order valence-corrected chi connectivity index (χ3v) is 7.54. The highest BCUT2D eigenvalue weighted by atomic mass is 16.1. The van der Waals surface area contributed by atoms with E-state index in [2.05, 4.69) is 68.1 Å². The molecule has 1 heteroatoms. The van der Waals surface area contributed by atoms with Crippen molar-refractivity contribution in [2.45, 2.75) is 83.5 Å². The van der Waals surface area contributed by atoms with Crippen LogP contribution < -0.4 is 0 Å². The van der Waals surface area contributed by atoms with Gasteiger partial charge in [0.1, 0.15) is 6.29 Å². The van der Waals surface area contributed by atoms with Gasteiger partial charge in [0.25, 0.3) is 0 Å². The average molecular weight is 451 g/mol. The van der Waals surface area contributed by atoms with Gasteiger partial charge in [0, 0.05) is 16.6 Å². The minimum absolute atomic E-state index is 0.00144. The van der Waals surface area contributed by atoms with Crippen molar-refractivity contribution in [2.75, 3.05) is 0 Å². The Morgan fingerprint density at radius 1 is 0.765 bits per heavy atom. The summed E-state index contributed by atoms with van der Waals surface area (Å²) in [5.41, 5.74) is 11.9. The predicted octanol–water partition coefficient (Wildman–Crippen LogP) is 9.37. The van der Waals surface area contributed by atoms with Crippen LogP contribution in [-0.2, 0) is 5.41 Å². The van der Waals surface area contributed by atoms with E-state index in [4.69, 9.17) is 0 Å². The van der Waals surface area contributed by atoms with Gasteiger partial charge in [0.2, 0.25) is 0 Å². The van der Waals surface area contributed by atoms with E-state index in [1.54, 1.807) is 0 Å². The molecule has 2 aromatic rings. The second-order valence-electron chi connectivity index (χ2n) is 9.89. The van der Waals surface area contributed by atoms with Crippen molar-refractivity contribution in [2.24, 2.45) is 0 Å². The first-order valence-corrected chi connectivity index (χ1v) is 13.3. The second-order valence-corrected chi connectivity index (χ2v) is 9.89. The number of hydrogen-bond donors (Lipinski definition) is 0. The predicted molar refractivity (Wildman–Crippen MR) is 145 cm³/mol. The molecule has 0 amide bonds. The fourth-order valence-corrected chi connectivity index (χ4v) is 5.71. The largest absolute Gasteiger partial charge is 0.298 e. The fraction of sp³-hybridized carbons (Fsp3) is 0.394. The van der Waals surface area contributed by atoms with Crippen molar-refractivity contribution in [1.29, 1.82) is 0 Å². The van der Waals surface area contributed by atoms with E-state index in [1.807, 2.05) is 18.2 Å². The molecule has 0 bridgehead atoms. The molecule has 0 radical (unpaired) electrons. The van der Waals surface area contributed by atoms with Gasteiger partial charge in [0.05, 0.1) is 0 Å². The zero-order valence-electron chi connectivity index (χ0n) is 20.9. The highest BCUT2D eigenvalue weighted by Gasteiger charge is 2.42. The maximum atomic E-state index is 11.7. The number of unbranched alkanes of at least 4 members (excludes halogenated alkanes) is 6. The second kappa shape index (κ2) is 11.5. The number of fused-ring (bicyclic) bond motifs is 3. The van der Waals surface area contributed by atoms with E-state index in [0.29, 0.717) is 0 Å². The highest BCUT2D eigenvalue weighted by molar-refractivity contribution is 5.86. The summed E-state index contributed by atoms with van der Waals surface area (Å²) >= 11 is 0. The summed E-state index contributed by atoms with van der Waals surface area (Å²) in [7, 11) is 0. The van der Waals surface area contributed by atoms with E-state index in [-0.39, 0.29) is 5.41 Å². The molecule has 0 fully saturated rings. The molecule has 2 aliphatic carbocycles. The Hall–Kier alpha value is -2.89. The van der Waals surface area contributed by atoms with Gasteiger partial charge in [-0.3, -0.25) is 4.79 Å². The maximum absolute atomic E-state index is 11.7. The third-order valence-electron chi connectivity index (χ3n) is 7.54. The Morgan fingerprint density at radius 3 is 1.94 bits per heavy atom. The lowest BCUT2D eigenvalue weighted by molar-refractivity contribution is 0.112. The number of rotatable bonds is 13. The van der Waals surface area contributed by atoms with Crippen LogP contribution in [0, 0.1) is 0 Å². The zero-order valence-corrected chi connectivity index (χ0v) is 20.9. The van der Waals surface area contributed by atoms with Crippen LogP contribution in [0.15, 0.2) is 72.0 Å². The summed E-state index contributed by atoms with van der Waals surface area (Å²) in [6.45, 7) is 4.56. The molecule has 0 heterocycles. The minimum Gasteiger partial charge on any atom is -0.298 e. The van der Waals surface area contributed by atoms with E-state index in [9.17, 15) is 4.79 Å². The van der Waals surface area contributed by atoms with Crippen LogP contribution in [-0.4, -0.2) is 6.29 Å². The molecule has 0 saturated heterocycles. The molecule has 0 aromatic heterocycles. The summed E-state index contributed by atoms with van der Waals surface area (Å²) < 4.78 is 0. The normalized spacial score (nSPS) is 15.1. The Kier molecular flexibility index (Phi) is 8.20. The standard InChI is InChI=1S/C33H38O/c1-3-5-7-11-21-33(22-12-8-6-4-2)31-23-27(16-15-26-13-9-10-14-26)17-19-29(31)30-20-18-28(25-34)24-32(30)33/h9-10,13,15-20,23-25H,3-8,11-12,21-22H2,1-2H3/b16-15+. The van der Waals surface area contributed by atoms with E-state index in [1.165, 1.54) is 79.2 Å². The lowest BCUT2D eigenvalue weighted by atomic mass is 9.70. The van der Waals surface area contributed by atoms with Crippen molar-refractivity contribution in [1.82, 2.24) is 0 Å². The number of allylic oxidation sites excluding steroid dienone is 4. The minimum atomic E-state index is 0.00144. The van der Waals surface area contributed by atoms with Gasteiger partial charge in [-0.2, -0.15) is 0 Å². The molecule has 0 N–H and O–H groups in total. The van der Waals surface area contributed by atoms with Gasteiger partial charge in [-0.05, 0) is 65.0 Å². The van der Waals surface area contributed by atoms with E-state index < -0.39 is 0 Å². The van der Waals surface area contributed by atoms with Crippen LogP contribution in [0.4, 0.5) is 0 Å². The van der Waals surface area contributed by atoms with Crippen LogP contribution >= 0.6 is 0 Å². The van der Waals surface area contributed by atoms with Crippen molar-refractivity contribution >= 4 is 12.4 Å².